The number of tetrazole rings is 1. The van der Waals surface area contributed by atoms with Gasteiger partial charge in [-0.25, -0.2) is 0 Å². The lowest BCUT2D eigenvalue weighted by molar-refractivity contribution is -0.121. The maximum atomic E-state index is 11.5. The van der Waals surface area contributed by atoms with E-state index in [1.165, 1.54) is 0 Å². The molecule has 2 N–H and O–H groups in total. The van der Waals surface area contributed by atoms with E-state index in [-0.39, 0.29) is 5.91 Å². The molecule has 1 atom stereocenters. The summed E-state index contributed by atoms with van der Waals surface area (Å²) in [4.78, 5) is 11.5. The summed E-state index contributed by atoms with van der Waals surface area (Å²) in [5.74, 6) is 0.942. The Balaban J connectivity index is 1.70. The van der Waals surface area contributed by atoms with E-state index in [4.69, 9.17) is 0 Å². The minimum absolute atomic E-state index is 0.0383. The molecule has 1 unspecified atom stereocenters. The number of carbonyl (C=O) groups is 1. The lowest BCUT2D eigenvalue weighted by atomic mass is 10.1. The maximum absolute atomic E-state index is 11.5. The standard InChI is InChI=1S/C9H13N5O/c15-9(5-7-3-1-2-4-7)10-6-8-11-13-14-12-8/h1,3,7H,2,4-6H2,(H,10,15)(H,11,12,13,14). The average Bonchev–Trinajstić information content (AvgIpc) is 2.86. The van der Waals surface area contributed by atoms with E-state index in [0.29, 0.717) is 24.7 Å². The highest BCUT2D eigenvalue weighted by molar-refractivity contribution is 5.76. The molecule has 6 heteroatoms. The molecular weight excluding hydrogens is 194 g/mol. The number of nitrogens with zero attached hydrogens (tertiary/aromatic N) is 3. The summed E-state index contributed by atoms with van der Waals surface area (Å²) in [6.07, 6.45) is 6.94. The summed E-state index contributed by atoms with van der Waals surface area (Å²) in [7, 11) is 0. The minimum Gasteiger partial charge on any atom is -0.349 e. The zero-order valence-electron chi connectivity index (χ0n) is 8.31. The van der Waals surface area contributed by atoms with Crippen LogP contribution in [0.3, 0.4) is 0 Å². The van der Waals surface area contributed by atoms with Gasteiger partial charge in [0.2, 0.25) is 5.91 Å². The van der Waals surface area contributed by atoms with E-state index in [1.54, 1.807) is 0 Å². The van der Waals surface area contributed by atoms with Crippen LogP contribution in [0, 0.1) is 5.92 Å². The Kier molecular flexibility index (Phi) is 3.06. The molecule has 0 aliphatic heterocycles. The van der Waals surface area contributed by atoms with Crippen molar-refractivity contribution in [3.8, 4) is 0 Å². The van der Waals surface area contributed by atoms with Crippen molar-refractivity contribution in [1.29, 1.82) is 0 Å². The number of allylic oxidation sites excluding steroid dienone is 2. The van der Waals surface area contributed by atoms with Gasteiger partial charge in [0, 0.05) is 6.42 Å². The molecule has 1 aromatic heterocycles. The van der Waals surface area contributed by atoms with E-state index >= 15 is 0 Å². The number of nitrogens with one attached hydrogen (secondary N) is 2. The second-order valence-electron chi connectivity index (χ2n) is 3.57. The van der Waals surface area contributed by atoms with E-state index in [9.17, 15) is 4.79 Å². The van der Waals surface area contributed by atoms with Crippen LogP contribution in [0.5, 0.6) is 0 Å². The molecule has 1 aliphatic carbocycles. The van der Waals surface area contributed by atoms with Gasteiger partial charge in [-0.15, -0.1) is 10.2 Å². The average molecular weight is 207 g/mol. The van der Waals surface area contributed by atoms with Gasteiger partial charge in [0.1, 0.15) is 0 Å². The third-order valence-electron chi connectivity index (χ3n) is 2.39. The topological polar surface area (TPSA) is 83.6 Å². The van der Waals surface area contributed by atoms with Crippen molar-refractivity contribution in [1.82, 2.24) is 25.9 Å². The number of H-pyrrole nitrogens is 1. The molecule has 0 saturated carbocycles. The first kappa shape index (κ1) is 9.82. The van der Waals surface area contributed by atoms with Crippen LogP contribution >= 0.6 is 0 Å². The second-order valence-corrected chi connectivity index (χ2v) is 3.57. The molecule has 1 aromatic rings. The molecule has 0 saturated heterocycles. The van der Waals surface area contributed by atoms with Crippen molar-refractivity contribution in [2.45, 2.75) is 25.8 Å². The van der Waals surface area contributed by atoms with Gasteiger partial charge in [-0.2, -0.15) is 5.21 Å². The normalized spacial score (nSPS) is 19.3. The first-order valence-corrected chi connectivity index (χ1v) is 5.00. The molecule has 0 aromatic carbocycles. The lowest BCUT2D eigenvalue weighted by Crippen LogP contribution is -2.24. The highest BCUT2D eigenvalue weighted by Gasteiger charge is 2.13. The predicted octanol–water partition coefficient (Wildman–Crippen LogP) is 0.172. The van der Waals surface area contributed by atoms with E-state index in [1.807, 2.05) is 0 Å². The molecule has 1 aliphatic rings. The fourth-order valence-electron chi connectivity index (χ4n) is 1.61. The predicted molar refractivity (Wildman–Crippen MR) is 52.5 cm³/mol. The van der Waals surface area contributed by atoms with Gasteiger partial charge in [-0.3, -0.25) is 4.79 Å². The van der Waals surface area contributed by atoms with Crippen LogP contribution < -0.4 is 5.32 Å². The van der Waals surface area contributed by atoms with Gasteiger partial charge in [0.05, 0.1) is 6.54 Å². The summed E-state index contributed by atoms with van der Waals surface area (Å²) in [6.45, 7) is 0.339. The van der Waals surface area contributed by atoms with Crippen LogP contribution in [-0.2, 0) is 11.3 Å². The van der Waals surface area contributed by atoms with Gasteiger partial charge in [-0.05, 0) is 18.8 Å². The van der Waals surface area contributed by atoms with Crippen LogP contribution in [0.2, 0.25) is 0 Å². The second kappa shape index (κ2) is 4.68. The van der Waals surface area contributed by atoms with E-state index in [2.05, 4.69) is 38.1 Å². The van der Waals surface area contributed by atoms with Gasteiger partial charge in [0.25, 0.3) is 0 Å². The van der Waals surface area contributed by atoms with Crippen molar-refractivity contribution in [3.63, 3.8) is 0 Å². The van der Waals surface area contributed by atoms with Crippen molar-refractivity contribution < 1.29 is 4.79 Å². The number of hydrogen-bond donors (Lipinski definition) is 2. The van der Waals surface area contributed by atoms with Crippen molar-refractivity contribution in [2.75, 3.05) is 0 Å². The molecule has 2 rings (SSSR count). The van der Waals surface area contributed by atoms with Gasteiger partial charge < -0.3 is 5.32 Å². The van der Waals surface area contributed by atoms with Crippen LogP contribution in [0.25, 0.3) is 0 Å². The molecule has 0 radical (unpaired) electrons. The SMILES string of the molecule is O=C(CC1C=CCC1)NCc1nn[nH]n1. The minimum atomic E-state index is 0.0383. The number of hydrogen-bond acceptors (Lipinski definition) is 4. The molecule has 80 valence electrons. The summed E-state index contributed by atoms with van der Waals surface area (Å²) in [5, 5.41) is 16.0. The van der Waals surface area contributed by atoms with Crippen LogP contribution in [0.1, 0.15) is 25.1 Å². The van der Waals surface area contributed by atoms with Gasteiger partial charge in [0.15, 0.2) is 5.82 Å². The monoisotopic (exact) mass is 207 g/mol. The number of amides is 1. The Morgan fingerprint density at radius 1 is 1.67 bits per heavy atom. The number of aromatic nitrogens is 4. The molecule has 1 amide bonds. The van der Waals surface area contributed by atoms with Crippen LogP contribution in [-0.4, -0.2) is 26.5 Å². The summed E-state index contributed by atoms with van der Waals surface area (Å²) < 4.78 is 0. The first-order valence-electron chi connectivity index (χ1n) is 5.00. The molecule has 0 bridgehead atoms. The molecule has 15 heavy (non-hydrogen) atoms. The Bertz CT molecular complexity index is 345. The summed E-state index contributed by atoms with van der Waals surface area (Å²) >= 11 is 0. The van der Waals surface area contributed by atoms with Crippen molar-refractivity contribution in [3.05, 3.63) is 18.0 Å². The number of rotatable bonds is 4. The van der Waals surface area contributed by atoms with Crippen molar-refractivity contribution >= 4 is 5.91 Å². The molecule has 0 spiro atoms. The Morgan fingerprint density at radius 2 is 2.60 bits per heavy atom. The third-order valence-corrected chi connectivity index (χ3v) is 2.39. The summed E-state index contributed by atoms with van der Waals surface area (Å²) in [6, 6.07) is 0. The molecule has 6 nitrogen and oxygen atoms in total. The highest BCUT2D eigenvalue weighted by atomic mass is 16.1. The number of carbonyl (C=O) groups excluding carboxylic acids is 1. The van der Waals surface area contributed by atoms with Gasteiger partial charge >= 0.3 is 0 Å². The van der Waals surface area contributed by atoms with Crippen LogP contribution in [0.15, 0.2) is 12.2 Å². The maximum Gasteiger partial charge on any atom is 0.220 e. The van der Waals surface area contributed by atoms with E-state index in [0.717, 1.165) is 12.8 Å². The van der Waals surface area contributed by atoms with E-state index < -0.39 is 0 Å². The lowest BCUT2D eigenvalue weighted by Gasteiger charge is -2.06. The zero-order chi connectivity index (χ0) is 10.5. The fraction of sp³-hybridized carbons (Fsp3) is 0.556. The zero-order valence-corrected chi connectivity index (χ0v) is 8.31. The largest absolute Gasteiger partial charge is 0.349 e. The molecule has 1 heterocycles. The third kappa shape index (κ3) is 2.87. The molecular formula is C9H13N5O. The first-order chi connectivity index (χ1) is 7.34. The number of aromatic amines is 1. The summed E-state index contributed by atoms with van der Waals surface area (Å²) in [5.41, 5.74) is 0. The smallest absolute Gasteiger partial charge is 0.220 e. The Hall–Kier alpha value is -1.72. The molecule has 0 fully saturated rings. The van der Waals surface area contributed by atoms with Crippen LogP contribution in [0.4, 0.5) is 0 Å². The fourth-order valence-corrected chi connectivity index (χ4v) is 1.61. The highest BCUT2D eigenvalue weighted by Crippen LogP contribution is 2.19. The van der Waals surface area contributed by atoms with Gasteiger partial charge in [-0.1, -0.05) is 17.4 Å². The quantitative estimate of drug-likeness (QED) is 0.689. The van der Waals surface area contributed by atoms with Crippen molar-refractivity contribution in [2.24, 2.45) is 5.92 Å². The Morgan fingerprint density at radius 3 is 3.27 bits per heavy atom. The Labute approximate surface area is 87.1 Å².